The van der Waals surface area contributed by atoms with Crippen molar-refractivity contribution in [1.82, 2.24) is 9.55 Å². The summed E-state index contributed by atoms with van der Waals surface area (Å²) in [7, 11) is 0. The van der Waals surface area contributed by atoms with Crippen molar-refractivity contribution in [2.45, 2.75) is 13.0 Å². The lowest BCUT2D eigenvalue weighted by atomic mass is 10.2. The molecule has 1 aromatic carbocycles. The molecule has 0 saturated heterocycles. The van der Waals surface area contributed by atoms with E-state index in [9.17, 15) is 9.59 Å². The van der Waals surface area contributed by atoms with Crippen LogP contribution in [0.1, 0.15) is 17.8 Å². The Morgan fingerprint density at radius 2 is 2.09 bits per heavy atom. The van der Waals surface area contributed by atoms with E-state index in [2.05, 4.69) is 4.98 Å². The highest BCUT2D eigenvalue weighted by molar-refractivity contribution is 7.08. The molecule has 0 fully saturated rings. The Bertz CT molecular complexity index is 927. The van der Waals surface area contributed by atoms with Gasteiger partial charge in [-0.05, 0) is 40.6 Å². The summed E-state index contributed by atoms with van der Waals surface area (Å²) in [5.74, 6) is -0.487. The van der Waals surface area contributed by atoms with Crippen molar-refractivity contribution in [3.8, 4) is 0 Å². The van der Waals surface area contributed by atoms with Gasteiger partial charge < -0.3 is 5.11 Å². The van der Waals surface area contributed by atoms with Crippen LogP contribution in [0.15, 0.2) is 45.9 Å². The molecule has 116 valence electrons. The minimum Gasteiger partial charge on any atom is -0.481 e. The Morgan fingerprint density at radius 1 is 1.26 bits per heavy atom. The first-order chi connectivity index (χ1) is 11.1. The molecule has 0 saturated carbocycles. The molecule has 1 N–H and O–H groups in total. The lowest BCUT2D eigenvalue weighted by Gasteiger charge is -2.10. The second-order valence-corrected chi connectivity index (χ2v) is 5.76. The zero-order valence-corrected chi connectivity index (χ0v) is 13.0. The van der Waals surface area contributed by atoms with Crippen LogP contribution < -0.4 is 5.56 Å². The topological polar surface area (TPSA) is 72.2 Å². The molecule has 2 aromatic heterocycles. The van der Waals surface area contributed by atoms with Gasteiger partial charge >= 0.3 is 5.97 Å². The molecule has 0 spiro atoms. The maximum atomic E-state index is 12.6. The van der Waals surface area contributed by atoms with Crippen molar-refractivity contribution in [2.24, 2.45) is 0 Å². The normalized spacial score (nSPS) is 11.3. The van der Waals surface area contributed by atoms with Gasteiger partial charge in [-0.15, -0.1) is 0 Å². The predicted molar refractivity (Wildman–Crippen MR) is 91.5 cm³/mol. The van der Waals surface area contributed by atoms with Gasteiger partial charge in [-0.3, -0.25) is 14.2 Å². The molecule has 0 aliphatic heterocycles. The summed E-state index contributed by atoms with van der Waals surface area (Å²) in [6.45, 7) is 0.0926. The maximum Gasteiger partial charge on any atom is 0.305 e. The molecule has 0 unspecified atom stereocenters. The minimum atomic E-state index is -0.946. The van der Waals surface area contributed by atoms with Crippen LogP contribution in [0.3, 0.4) is 0 Å². The molecule has 5 nitrogen and oxygen atoms in total. The van der Waals surface area contributed by atoms with Crippen LogP contribution >= 0.6 is 11.3 Å². The van der Waals surface area contributed by atoms with E-state index in [0.717, 1.165) is 5.56 Å². The van der Waals surface area contributed by atoms with E-state index >= 15 is 0 Å². The first-order valence-corrected chi connectivity index (χ1v) is 8.01. The molecule has 2 heterocycles. The van der Waals surface area contributed by atoms with Crippen molar-refractivity contribution in [2.75, 3.05) is 0 Å². The monoisotopic (exact) mass is 326 g/mol. The highest BCUT2D eigenvalue weighted by atomic mass is 32.1. The van der Waals surface area contributed by atoms with Gasteiger partial charge in [0, 0.05) is 6.54 Å². The van der Waals surface area contributed by atoms with Gasteiger partial charge in [0.15, 0.2) is 0 Å². The van der Waals surface area contributed by atoms with Crippen molar-refractivity contribution < 1.29 is 9.90 Å². The average Bonchev–Trinajstić information content (AvgIpc) is 3.05. The standard InChI is InChI=1S/C17H14N2O3S/c20-16(21)7-9-19-15(6-5-12-8-10-23-11-12)18-14-4-2-1-3-13(14)17(19)22/h1-6,8,10-11H,7,9H2,(H,20,21)/b6-5+. The molecule has 0 radical (unpaired) electrons. The van der Waals surface area contributed by atoms with E-state index in [0.29, 0.717) is 16.7 Å². The van der Waals surface area contributed by atoms with Gasteiger partial charge in [-0.25, -0.2) is 4.98 Å². The third-order valence-corrected chi connectivity index (χ3v) is 4.11. The molecular formula is C17H14N2O3S. The number of nitrogens with zero attached hydrogens (tertiary/aromatic N) is 2. The minimum absolute atomic E-state index is 0.0926. The number of para-hydroxylation sites is 1. The summed E-state index contributed by atoms with van der Waals surface area (Å²) in [6, 6.07) is 9.03. The third kappa shape index (κ3) is 3.37. The Labute approximate surface area is 136 Å². The Morgan fingerprint density at radius 3 is 2.83 bits per heavy atom. The lowest BCUT2D eigenvalue weighted by molar-refractivity contribution is -0.137. The second kappa shape index (κ2) is 6.58. The van der Waals surface area contributed by atoms with Crippen LogP contribution in [0.2, 0.25) is 0 Å². The smallest absolute Gasteiger partial charge is 0.305 e. The van der Waals surface area contributed by atoms with E-state index in [1.165, 1.54) is 4.57 Å². The van der Waals surface area contributed by atoms with Crippen LogP contribution in [0.25, 0.3) is 23.1 Å². The van der Waals surface area contributed by atoms with E-state index in [4.69, 9.17) is 5.11 Å². The molecule has 3 aromatic rings. The number of hydrogen-bond acceptors (Lipinski definition) is 4. The van der Waals surface area contributed by atoms with Gasteiger partial charge in [0.2, 0.25) is 0 Å². The maximum absolute atomic E-state index is 12.6. The fraction of sp³-hybridized carbons (Fsp3) is 0.118. The van der Waals surface area contributed by atoms with Gasteiger partial charge in [-0.1, -0.05) is 18.2 Å². The number of carboxylic acid groups (broad SMARTS) is 1. The van der Waals surface area contributed by atoms with E-state index < -0.39 is 5.97 Å². The van der Waals surface area contributed by atoms with E-state index in [1.807, 2.05) is 29.0 Å². The number of fused-ring (bicyclic) bond motifs is 1. The molecule has 0 aliphatic rings. The molecule has 0 aliphatic carbocycles. The van der Waals surface area contributed by atoms with Gasteiger partial charge in [0.05, 0.1) is 17.3 Å². The van der Waals surface area contributed by atoms with Crippen molar-refractivity contribution in [3.63, 3.8) is 0 Å². The number of thiophene rings is 1. The summed E-state index contributed by atoms with van der Waals surface area (Å²) in [5.41, 5.74) is 1.40. The van der Waals surface area contributed by atoms with Crippen LogP contribution in [0.5, 0.6) is 0 Å². The Balaban J connectivity index is 2.11. The van der Waals surface area contributed by atoms with Crippen molar-refractivity contribution in [3.05, 3.63) is 62.8 Å². The molecule has 0 atom stereocenters. The van der Waals surface area contributed by atoms with Crippen molar-refractivity contribution >= 4 is 40.4 Å². The van der Waals surface area contributed by atoms with E-state index in [-0.39, 0.29) is 18.5 Å². The van der Waals surface area contributed by atoms with Gasteiger partial charge in [0.25, 0.3) is 5.56 Å². The molecule has 0 amide bonds. The fourth-order valence-electron chi connectivity index (χ4n) is 2.28. The zero-order chi connectivity index (χ0) is 16.2. The number of rotatable bonds is 5. The summed E-state index contributed by atoms with van der Waals surface area (Å²) in [6.07, 6.45) is 3.49. The predicted octanol–water partition coefficient (Wildman–Crippen LogP) is 3.10. The highest BCUT2D eigenvalue weighted by Gasteiger charge is 2.10. The quantitative estimate of drug-likeness (QED) is 0.782. The number of hydrogen-bond donors (Lipinski definition) is 1. The average molecular weight is 326 g/mol. The third-order valence-electron chi connectivity index (χ3n) is 3.41. The molecular weight excluding hydrogens is 312 g/mol. The van der Waals surface area contributed by atoms with Crippen LogP contribution in [-0.4, -0.2) is 20.6 Å². The highest BCUT2D eigenvalue weighted by Crippen LogP contribution is 2.13. The first-order valence-electron chi connectivity index (χ1n) is 7.07. The largest absolute Gasteiger partial charge is 0.481 e. The summed E-state index contributed by atoms with van der Waals surface area (Å²) in [4.78, 5) is 28.0. The Kier molecular flexibility index (Phi) is 4.34. The fourth-order valence-corrected chi connectivity index (χ4v) is 2.91. The number of aliphatic carboxylic acids is 1. The van der Waals surface area contributed by atoms with Crippen LogP contribution in [0, 0.1) is 0 Å². The van der Waals surface area contributed by atoms with Gasteiger partial charge in [-0.2, -0.15) is 11.3 Å². The Hall–Kier alpha value is -2.73. The van der Waals surface area contributed by atoms with Crippen LogP contribution in [-0.2, 0) is 11.3 Å². The SMILES string of the molecule is O=C(O)CCn1c(/C=C/c2ccsc2)nc2ccccc2c1=O. The lowest BCUT2D eigenvalue weighted by Crippen LogP contribution is -2.25. The number of benzene rings is 1. The molecule has 0 bridgehead atoms. The summed E-state index contributed by atoms with van der Waals surface area (Å²) < 4.78 is 1.42. The molecule has 6 heteroatoms. The number of carboxylic acids is 1. The number of aromatic nitrogens is 2. The number of carbonyl (C=O) groups is 1. The van der Waals surface area contributed by atoms with E-state index in [1.54, 1.807) is 35.6 Å². The summed E-state index contributed by atoms with van der Waals surface area (Å²) >= 11 is 1.58. The first kappa shape index (κ1) is 15.2. The molecule has 23 heavy (non-hydrogen) atoms. The summed E-state index contributed by atoms with van der Waals surface area (Å²) in [5, 5.41) is 13.3. The second-order valence-electron chi connectivity index (χ2n) is 4.98. The van der Waals surface area contributed by atoms with Gasteiger partial charge in [0.1, 0.15) is 5.82 Å². The molecule has 3 rings (SSSR count). The zero-order valence-electron chi connectivity index (χ0n) is 12.2. The van der Waals surface area contributed by atoms with Crippen LogP contribution in [0.4, 0.5) is 0 Å². The van der Waals surface area contributed by atoms with Crippen molar-refractivity contribution in [1.29, 1.82) is 0 Å².